The first-order valence-corrected chi connectivity index (χ1v) is 44.2. The zero-order valence-corrected chi connectivity index (χ0v) is 77.8. The lowest BCUT2D eigenvalue weighted by atomic mass is 10.1. The number of fused-ring (bicyclic) bond motifs is 5. The van der Waals surface area contributed by atoms with Gasteiger partial charge in [-0.15, -0.1) is 0 Å². The third kappa shape index (κ3) is 32.6. The number of pyridine rings is 3. The van der Waals surface area contributed by atoms with Gasteiger partial charge < -0.3 is 56.7 Å². The molecular weight excluding hydrogens is 1660 g/mol. The van der Waals surface area contributed by atoms with Gasteiger partial charge in [-0.2, -0.15) is 0 Å². The number of carbonyl (C=O) groups is 5. The largest absolute Gasteiger partial charge is 0.393 e. The van der Waals surface area contributed by atoms with E-state index in [-0.39, 0.29) is 112 Å². The van der Waals surface area contributed by atoms with E-state index in [0.717, 1.165) is 190 Å². The molecule has 9 heterocycles. The maximum absolute atomic E-state index is 13.6. The summed E-state index contributed by atoms with van der Waals surface area (Å²) in [6.07, 6.45) is 23.6. The number of nitrogens with one attached hydrogen (secondary N) is 7. The van der Waals surface area contributed by atoms with Crippen molar-refractivity contribution in [1.29, 1.82) is 0 Å². The zero-order valence-electron chi connectivity index (χ0n) is 76.3. The van der Waals surface area contributed by atoms with Gasteiger partial charge >= 0.3 is 0 Å². The number of anilines is 3. The van der Waals surface area contributed by atoms with E-state index in [4.69, 9.17) is 37.8 Å². The number of likely N-dealkylation sites (N-methyl/N-ethyl adjacent to an activating group) is 1. The van der Waals surface area contributed by atoms with Crippen LogP contribution in [0.2, 0.25) is 10.6 Å². The number of aromatic nitrogens is 13. The fourth-order valence-corrected chi connectivity index (χ4v) is 15.2. The topological polar surface area (TPSA) is 379 Å². The standard InChI is InChI=1S/C19H24FN5O.C19H23FN4O.C18H22FN5O.C14H20ClN3O.C13H19ClN4O.C9H18O3/c1-19(2,3)24-16(26)11-25(4)18-13-6-5-7-14(13)22-17(23-18)15-10-12(20)8-9-21-15;1-19(2,3)24-17(25)8-7-15-13-5-4-6-14(13)22-18(23-15)16-11-12(20)9-10-21-16;1-18(2,3)24-15(25)10-21-16-12-5-4-6-13(12)22-17(23-16)14-9-11(19)7-8-20-14;1-14(2,3)18-12(19)8-7-11-9-5-4-6-10(9)16-13(15)17-11;1-13(2,3)18-10(19)7-15-11-8-5-4-6-9(8)16-12(14)17-11;1-9(2,7-10)12-8-5-3-4-6-11-8/h8-10H,5-7,11H2,1-4H3,(H,24,26);9-11H,4-8H2,1-3H3,(H,24,25);7-9H,4-6,10H2,1-3H3,(H,24,25)(H,21,22,23);4-8H2,1-3H3,(H,18,19);4-7H2,1-3H3,(H,18,19)(H,15,16,17);8,10H,3-7H2,1-2H3. The quantitative estimate of drug-likeness (QED) is 0.0310. The molecule has 1 atom stereocenters. The van der Waals surface area contributed by atoms with Crippen molar-refractivity contribution in [3.05, 3.63) is 151 Å². The molecule has 0 spiro atoms. The van der Waals surface area contributed by atoms with Gasteiger partial charge in [-0.25, -0.2) is 63.0 Å². The second kappa shape index (κ2) is 44.5. The van der Waals surface area contributed by atoms with Gasteiger partial charge in [0.1, 0.15) is 52.0 Å². The predicted molar refractivity (Wildman–Crippen MR) is 482 cm³/mol. The minimum Gasteiger partial charge on any atom is -0.393 e. The molecule has 6 aliphatic rings. The number of hydrogen-bond donors (Lipinski definition) is 8. The minimum atomic E-state index is -0.470. The Morgan fingerprint density at radius 3 is 1.21 bits per heavy atom. The predicted octanol–water partition coefficient (Wildman–Crippen LogP) is 13.7. The molecule has 682 valence electrons. The highest BCUT2D eigenvalue weighted by Gasteiger charge is 2.31. The number of aryl methyl sites for hydroxylation is 7. The number of hydrogen-bond acceptors (Lipinski definition) is 24. The Kier molecular flexibility index (Phi) is 35.2. The molecule has 14 rings (SSSR count). The summed E-state index contributed by atoms with van der Waals surface area (Å²) < 4.78 is 51.5. The van der Waals surface area contributed by atoms with Crippen LogP contribution in [0.5, 0.6) is 0 Å². The fraction of sp³-hybridized carbons (Fsp3) is 0.565. The van der Waals surface area contributed by atoms with Crippen LogP contribution in [0.15, 0.2) is 55.0 Å². The summed E-state index contributed by atoms with van der Waals surface area (Å²) in [6, 6.07) is 7.86. The van der Waals surface area contributed by atoms with Crippen molar-refractivity contribution in [2.24, 2.45) is 0 Å². The summed E-state index contributed by atoms with van der Waals surface area (Å²) in [5.74, 6) is 1.94. The number of aliphatic hydroxyl groups excluding tert-OH is 1. The lowest BCUT2D eigenvalue weighted by molar-refractivity contribution is -0.223. The molecule has 8 N–H and O–H groups in total. The average molecular weight is 1780 g/mol. The van der Waals surface area contributed by atoms with Crippen LogP contribution in [0.25, 0.3) is 34.6 Å². The number of carbonyl (C=O) groups excluding carboxylic acids is 5. The summed E-state index contributed by atoms with van der Waals surface area (Å²) in [4.78, 5) is 119. The van der Waals surface area contributed by atoms with E-state index in [2.05, 4.69) is 102 Å². The molecule has 0 aromatic carbocycles. The molecule has 126 heavy (non-hydrogen) atoms. The van der Waals surface area contributed by atoms with Crippen molar-refractivity contribution < 1.29 is 51.7 Å². The number of aliphatic hydroxyl groups is 1. The smallest absolute Gasteiger partial charge is 0.239 e. The number of amides is 5. The van der Waals surface area contributed by atoms with Crippen molar-refractivity contribution in [1.82, 2.24) is 91.4 Å². The highest BCUT2D eigenvalue weighted by atomic mass is 35.5. The van der Waals surface area contributed by atoms with Gasteiger partial charge in [-0.3, -0.25) is 38.9 Å². The summed E-state index contributed by atoms with van der Waals surface area (Å²) in [5, 5.41) is 30.3. The molecule has 0 saturated carbocycles. The van der Waals surface area contributed by atoms with Crippen LogP contribution in [0, 0.1) is 17.5 Å². The lowest BCUT2D eigenvalue weighted by Crippen LogP contribution is -2.45. The molecular formula is C92H126Cl2F3N21O8. The average Bonchev–Trinajstić information content (AvgIpc) is 1.60. The molecule has 8 aromatic heterocycles. The van der Waals surface area contributed by atoms with Crippen molar-refractivity contribution in [2.75, 3.05) is 55.4 Å². The minimum absolute atomic E-state index is 0.00305. The number of rotatable bonds is 21. The Balaban J connectivity index is 0.000000173. The van der Waals surface area contributed by atoms with Crippen LogP contribution < -0.4 is 42.1 Å². The maximum Gasteiger partial charge on any atom is 0.239 e. The van der Waals surface area contributed by atoms with Gasteiger partial charge in [-0.05, 0) is 299 Å². The van der Waals surface area contributed by atoms with Gasteiger partial charge in [0, 0.05) is 142 Å². The van der Waals surface area contributed by atoms with Gasteiger partial charge in [0.15, 0.2) is 23.8 Å². The Hall–Kier alpha value is -10.2. The van der Waals surface area contributed by atoms with Crippen LogP contribution >= 0.6 is 23.2 Å². The zero-order chi connectivity index (χ0) is 92.1. The first kappa shape index (κ1) is 99.6. The molecule has 1 unspecified atom stereocenters. The van der Waals surface area contributed by atoms with E-state index >= 15 is 0 Å². The van der Waals surface area contributed by atoms with Gasteiger partial charge in [0.2, 0.25) is 40.1 Å². The van der Waals surface area contributed by atoms with Crippen LogP contribution in [-0.4, -0.2) is 179 Å². The molecule has 1 saturated heterocycles. The molecule has 1 aliphatic heterocycles. The summed E-state index contributed by atoms with van der Waals surface area (Å²) in [7, 11) is 1.84. The van der Waals surface area contributed by atoms with Gasteiger partial charge in [0.25, 0.3) is 0 Å². The highest BCUT2D eigenvalue weighted by Crippen LogP contribution is 2.34. The van der Waals surface area contributed by atoms with Crippen molar-refractivity contribution in [3.63, 3.8) is 0 Å². The molecule has 29 nitrogen and oxygen atoms in total. The van der Waals surface area contributed by atoms with Gasteiger partial charge in [-0.1, -0.05) is 0 Å². The lowest BCUT2D eigenvalue weighted by Gasteiger charge is -2.31. The van der Waals surface area contributed by atoms with E-state index in [0.29, 0.717) is 77.2 Å². The van der Waals surface area contributed by atoms with Crippen molar-refractivity contribution in [2.45, 2.75) is 299 Å². The van der Waals surface area contributed by atoms with E-state index in [1.54, 1.807) is 0 Å². The van der Waals surface area contributed by atoms with E-state index in [9.17, 15) is 37.1 Å². The molecule has 1 fully saturated rings. The van der Waals surface area contributed by atoms with E-state index < -0.39 is 5.60 Å². The SMILES string of the molecule is CC(C)(C)NC(=O)CCc1nc(-c2cc(F)ccn2)nc2c1CCC2.CC(C)(C)NC(=O)CCc1nc(Cl)nc2c1CCC2.CC(C)(C)NC(=O)CNc1nc(-c2cc(F)ccn2)nc2c1CCC2.CC(C)(C)NC(=O)CNc1nc(Cl)nc2c1CCC2.CC(C)(CO)OC1CCCCO1.CN(CC(=O)NC(C)(C)C)c1nc(-c2cc(F)ccn2)nc2c1CCC2. The Labute approximate surface area is 748 Å². The molecule has 5 amide bonds. The summed E-state index contributed by atoms with van der Waals surface area (Å²) in [6.45, 7) is 34.3. The van der Waals surface area contributed by atoms with E-state index in [1.807, 2.05) is 130 Å². The molecule has 8 aromatic rings. The Morgan fingerprint density at radius 2 is 0.794 bits per heavy atom. The van der Waals surface area contributed by atoms with Crippen molar-refractivity contribution >= 4 is 70.2 Å². The monoisotopic (exact) mass is 1780 g/mol. The van der Waals surface area contributed by atoms with Crippen LogP contribution in [0.3, 0.4) is 0 Å². The third-order valence-electron chi connectivity index (χ3n) is 19.9. The number of halogens is 5. The second-order valence-corrected chi connectivity index (χ2v) is 38.6. The molecule has 0 radical (unpaired) electrons. The molecule has 5 aliphatic carbocycles. The van der Waals surface area contributed by atoms with E-state index in [1.165, 1.54) is 60.6 Å². The first-order valence-electron chi connectivity index (χ1n) is 43.5. The first-order chi connectivity index (χ1) is 59.2. The van der Waals surface area contributed by atoms with Crippen LogP contribution in [-0.2, 0) is 110 Å². The van der Waals surface area contributed by atoms with Gasteiger partial charge in [0.05, 0.1) is 37.5 Å². The molecule has 0 bridgehead atoms. The van der Waals surface area contributed by atoms with Crippen LogP contribution in [0.4, 0.5) is 30.6 Å². The molecule has 34 heteroatoms. The number of nitrogens with zero attached hydrogens (tertiary/aromatic N) is 14. The fourth-order valence-electron chi connectivity index (χ4n) is 14.8. The normalized spacial score (nSPS) is 14.9. The third-order valence-corrected chi connectivity index (χ3v) is 20.2. The summed E-state index contributed by atoms with van der Waals surface area (Å²) in [5.41, 5.74) is 11.8. The number of ether oxygens (including phenoxy) is 2. The second-order valence-electron chi connectivity index (χ2n) is 37.9. The van der Waals surface area contributed by atoms with Crippen molar-refractivity contribution in [3.8, 4) is 34.6 Å². The maximum atomic E-state index is 13.6. The Morgan fingerprint density at radius 1 is 0.437 bits per heavy atom. The highest BCUT2D eigenvalue weighted by molar-refractivity contribution is 6.28. The summed E-state index contributed by atoms with van der Waals surface area (Å²) >= 11 is 11.8. The Bertz CT molecular complexity index is 4880. The van der Waals surface area contributed by atoms with Crippen LogP contribution in [0.1, 0.15) is 250 Å².